The number of hydrogen-bond acceptors (Lipinski definition) is 3. The molecule has 1 fully saturated rings. The molecule has 2 unspecified atom stereocenters. The van der Waals surface area contributed by atoms with E-state index < -0.39 is 0 Å². The van der Waals surface area contributed by atoms with Crippen LogP contribution < -0.4 is 10.6 Å². The minimum Gasteiger partial charge on any atom is -0.375 e. The highest BCUT2D eigenvalue weighted by Gasteiger charge is 2.35. The normalized spacial score (nSPS) is 23.0. The first kappa shape index (κ1) is 18.4. The number of hydrogen-bond donors (Lipinski definition) is 2. The van der Waals surface area contributed by atoms with Gasteiger partial charge in [0.2, 0.25) is 5.91 Å². The van der Waals surface area contributed by atoms with Crippen molar-refractivity contribution in [2.45, 2.75) is 96.9 Å². The van der Waals surface area contributed by atoms with Gasteiger partial charge >= 0.3 is 0 Å². The molecule has 0 saturated carbocycles. The summed E-state index contributed by atoms with van der Waals surface area (Å²) >= 11 is 0. The van der Waals surface area contributed by atoms with E-state index in [4.69, 9.17) is 4.74 Å². The zero-order chi connectivity index (χ0) is 15.9. The molecule has 124 valence electrons. The van der Waals surface area contributed by atoms with E-state index in [-0.39, 0.29) is 17.6 Å². The lowest BCUT2D eigenvalue weighted by molar-refractivity contribution is -0.125. The zero-order valence-electron chi connectivity index (χ0n) is 14.5. The third-order valence-electron chi connectivity index (χ3n) is 4.99. The molecule has 1 aliphatic rings. The van der Waals surface area contributed by atoms with E-state index in [1.165, 1.54) is 0 Å². The Morgan fingerprint density at radius 2 is 1.86 bits per heavy atom. The molecule has 1 heterocycles. The van der Waals surface area contributed by atoms with Crippen molar-refractivity contribution in [3.63, 3.8) is 0 Å². The van der Waals surface area contributed by atoms with Crippen molar-refractivity contribution in [3.05, 3.63) is 0 Å². The number of ether oxygens (including phenoxy) is 1. The summed E-state index contributed by atoms with van der Waals surface area (Å²) in [6, 6.07) is 0.531. The fourth-order valence-corrected chi connectivity index (χ4v) is 3.16. The van der Waals surface area contributed by atoms with Crippen LogP contribution in [0.25, 0.3) is 0 Å². The molecular weight excluding hydrogens is 264 g/mol. The Labute approximate surface area is 130 Å². The molecule has 1 saturated heterocycles. The SMILES string of the molecule is CCC(CC)NC(=O)C(C)NC1CCOC(CC)(CC)C1. The van der Waals surface area contributed by atoms with Gasteiger partial charge in [-0.3, -0.25) is 4.79 Å². The molecule has 0 bridgehead atoms. The second-order valence-electron chi connectivity index (χ2n) is 6.34. The van der Waals surface area contributed by atoms with E-state index in [2.05, 4.69) is 38.3 Å². The van der Waals surface area contributed by atoms with Gasteiger partial charge in [0.25, 0.3) is 0 Å². The molecule has 0 aromatic rings. The Balaban J connectivity index is 2.50. The molecule has 1 rings (SSSR count). The summed E-state index contributed by atoms with van der Waals surface area (Å²) < 4.78 is 5.99. The van der Waals surface area contributed by atoms with Crippen molar-refractivity contribution < 1.29 is 9.53 Å². The van der Waals surface area contributed by atoms with E-state index >= 15 is 0 Å². The third-order valence-corrected chi connectivity index (χ3v) is 4.99. The van der Waals surface area contributed by atoms with E-state index in [1.54, 1.807) is 0 Å². The topological polar surface area (TPSA) is 50.4 Å². The maximum Gasteiger partial charge on any atom is 0.237 e. The van der Waals surface area contributed by atoms with Crippen LogP contribution in [0, 0.1) is 0 Å². The highest BCUT2D eigenvalue weighted by Crippen LogP contribution is 2.31. The smallest absolute Gasteiger partial charge is 0.237 e. The highest BCUT2D eigenvalue weighted by molar-refractivity contribution is 5.81. The van der Waals surface area contributed by atoms with Gasteiger partial charge < -0.3 is 15.4 Å². The molecule has 1 amide bonds. The van der Waals surface area contributed by atoms with Gasteiger partial charge in [0.15, 0.2) is 0 Å². The van der Waals surface area contributed by atoms with E-state index in [0.29, 0.717) is 12.1 Å². The second-order valence-corrected chi connectivity index (χ2v) is 6.34. The summed E-state index contributed by atoms with van der Waals surface area (Å²) in [6.07, 6.45) is 6.04. The second kappa shape index (κ2) is 8.74. The molecule has 0 aromatic carbocycles. The fraction of sp³-hybridized carbons (Fsp3) is 0.941. The van der Waals surface area contributed by atoms with Crippen molar-refractivity contribution in [2.75, 3.05) is 6.61 Å². The van der Waals surface area contributed by atoms with Crippen LogP contribution in [0.2, 0.25) is 0 Å². The van der Waals surface area contributed by atoms with Crippen LogP contribution >= 0.6 is 0 Å². The largest absolute Gasteiger partial charge is 0.375 e. The van der Waals surface area contributed by atoms with E-state index in [0.717, 1.165) is 45.1 Å². The highest BCUT2D eigenvalue weighted by atomic mass is 16.5. The van der Waals surface area contributed by atoms with Crippen molar-refractivity contribution in [1.29, 1.82) is 0 Å². The first-order valence-electron chi connectivity index (χ1n) is 8.70. The Bertz CT molecular complexity index is 312. The Hall–Kier alpha value is -0.610. The van der Waals surface area contributed by atoms with Gasteiger partial charge in [-0.05, 0) is 45.4 Å². The number of nitrogens with one attached hydrogen (secondary N) is 2. The van der Waals surface area contributed by atoms with E-state index in [9.17, 15) is 4.79 Å². The summed E-state index contributed by atoms with van der Waals surface area (Å²) in [4.78, 5) is 12.2. The van der Waals surface area contributed by atoms with Gasteiger partial charge in [-0.15, -0.1) is 0 Å². The van der Waals surface area contributed by atoms with Crippen LogP contribution in [0.1, 0.15) is 73.1 Å². The lowest BCUT2D eigenvalue weighted by Gasteiger charge is -2.41. The minimum absolute atomic E-state index is 0.00147. The van der Waals surface area contributed by atoms with Gasteiger partial charge in [0.05, 0.1) is 11.6 Å². The predicted octanol–water partition coefficient (Wildman–Crippen LogP) is 3.01. The Morgan fingerprint density at radius 1 is 1.24 bits per heavy atom. The van der Waals surface area contributed by atoms with Crippen molar-refractivity contribution in [2.24, 2.45) is 0 Å². The maximum absolute atomic E-state index is 12.2. The summed E-state index contributed by atoms with van der Waals surface area (Å²) in [7, 11) is 0. The van der Waals surface area contributed by atoms with Crippen LogP contribution in [0.15, 0.2) is 0 Å². The molecule has 0 spiro atoms. The lowest BCUT2D eigenvalue weighted by Crippen LogP contribution is -2.53. The predicted molar refractivity (Wildman–Crippen MR) is 87.4 cm³/mol. The van der Waals surface area contributed by atoms with Gasteiger partial charge in [-0.25, -0.2) is 0 Å². The van der Waals surface area contributed by atoms with Crippen LogP contribution in [-0.4, -0.2) is 36.2 Å². The third kappa shape index (κ3) is 5.26. The van der Waals surface area contributed by atoms with E-state index in [1.807, 2.05) is 6.92 Å². The average Bonchev–Trinajstić information content (AvgIpc) is 2.52. The summed E-state index contributed by atoms with van der Waals surface area (Å²) in [5.74, 6) is 0.119. The molecule has 2 atom stereocenters. The van der Waals surface area contributed by atoms with Crippen molar-refractivity contribution >= 4 is 5.91 Å². The monoisotopic (exact) mass is 298 g/mol. The van der Waals surface area contributed by atoms with Gasteiger partial charge in [0, 0.05) is 18.7 Å². The Kier molecular flexibility index (Phi) is 7.67. The number of carbonyl (C=O) groups excluding carboxylic acids is 1. The minimum atomic E-state index is -0.139. The molecule has 0 aromatic heterocycles. The lowest BCUT2D eigenvalue weighted by atomic mass is 9.85. The van der Waals surface area contributed by atoms with Crippen LogP contribution in [0.4, 0.5) is 0 Å². The number of carbonyl (C=O) groups is 1. The maximum atomic E-state index is 12.2. The molecule has 21 heavy (non-hydrogen) atoms. The Morgan fingerprint density at radius 3 is 2.38 bits per heavy atom. The zero-order valence-corrected chi connectivity index (χ0v) is 14.5. The van der Waals surface area contributed by atoms with Gasteiger partial charge in [0.1, 0.15) is 0 Å². The standard InChI is InChI=1S/C17H34N2O2/c1-6-14(7-2)19-16(20)13(5)18-15-10-11-21-17(8-3,9-4)12-15/h13-15,18H,6-12H2,1-5H3,(H,19,20). The molecular formula is C17H34N2O2. The molecule has 4 nitrogen and oxygen atoms in total. The van der Waals surface area contributed by atoms with Gasteiger partial charge in [-0.1, -0.05) is 27.7 Å². The van der Waals surface area contributed by atoms with Crippen LogP contribution in [0.3, 0.4) is 0 Å². The van der Waals surface area contributed by atoms with Crippen LogP contribution in [-0.2, 0) is 9.53 Å². The first-order valence-corrected chi connectivity index (χ1v) is 8.70. The first-order chi connectivity index (χ1) is 10.00. The molecule has 1 aliphatic heterocycles. The fourth-order valence-electron chi connectivity index (χ4n) is 3.16. The molecule has 0 aliphatic carbocycles. The summed E-state index contributed by atoms with van der Waals surface area (Å²) in [5.41, 5.74) is 0.00147. The quantitative estimate of drug-likeness (QED) is 0.724. The van der Waals surface area contributed by atoms with Gasteiger partial charge in [-0.2, -0.15) is 0 Å². The van der Waals surface area contributed by atoms with Crippen molar-refractivity contribution in [1.82, 2.24) is 10.6 Å². The molecule has 4 heteroatoms. The van der Waals surface area contributed by atoms with Crippen LogP contribution in [0.5, 0.6) is 0 Å². The summed E-state index contributed by atoms with van der Waals surface area (Å²) in [5, 5.41) is 6.63. The average molecular weight is 298 g/mol. The molecule has 0 radical (unpaired) electrons. The van der Waals surface area contributed by atoms with Crippen molar-refractivity contribution in [3.8, 4) is 0 Å². The number of rotatable bonds is 8. The molecule has 2 N–H and O–H groups in total. The number of amides is 1. The summed E-state index contributed by atoms with van der Waals surface area (Å²) in [6.45, 7) is 11.4.